The van der Waals surface area contributed by atoms with E-state index in [0.717, 1.165) is 29.9 Å². The Morgan fingerprint density at radius 3 is 2.65 bits per heavy atom. The summed E-state index contributed by atoms with van der Waals surface area (Å²) in [5.74, 6) is -0.410. The van der Waals surface area contributed by atoms with Gasteiger partial charge in [0.2, 0.25) is 5.91 Å². The first kappa shape index (κ1) is 18.6. The van der Waals surface area contributed by atoms with E-state index in [2.05, 4.69) is 24.8 Å². The molecule has 4 nitrogen and oxygen atoms in total. The number of primary amides is 1. The number of carbonyl (C=O) groups is 1. The van der Waals surface area contributed by atoms with Gasteiger partial charge >= 0.3 is 0 Å². The first-order valence-electron chi connectivity index (χ1n) is 9.68. The highest BCUT2D eigenvalue weighted by molar-refractivity contribution is 5.94. The van der Waals surface area contributed by atoms with Crippen LogP contribution in [0.1, 0.15) is 60.5 Å². The maximum Gasteiger partial charge on any atom is 0.248 e. The smallest absolute Gasteiger partial charge is 0.248 e. The summed E-state index contributed by atoms with van der Waals surface area (Å²) in [5, 5.41) is 0. The van der Waals surface area contributed by atoms with E-state index >= 15 is 0 Å². The fourth-order valence-electron chi connectivity index (χ4n) is 4.02. The molecule has 26 heavy (non-hydrogen) atoms. The molecule has 138 valence electrons. The minimum absolute atomic E-state index is 0.410. The van der Waals surface area contributed by atoms with E-state index in [1.165, 1.54) is 37.7 Å². The predicted octanol–water partition coefficient (Wildman–Crippen LogP) is 4.31. The van der Waals surface area contributed by atoms with Crippen LogP contribution in [0.5, 0.6) is 0 Å². The van der Waals surface area contributed by atoms with Gasteiger partial charge in [0.15, 0.2) is 0 Å². The number of carbonyl (C=O) groups excluding carboxylic acids is 1. The number of hydrogen-bond acceptors (Lipinski definition) is 3. The summed E-state index contributed by atoms with van der Waals surface area (Å²) in [6, 6.07) is 10.3. The zero-order chi connectivity index (χ0) is 18.5. The van der Waals surface area contributed by atoms with Gasteiger partial charge in [0, 0.05) is 29.9 Å². The fourth-order valence-corrected chi connectivity index (χ4v) is 4.02. The van der Waals surface area contributed by atoms with Crippen molar-refractivity contribution in [1.82, 2.24) is 9.88 Å². The van der Waals surface area contributed by atoms with Gasteiger partial charge in [-0.1, -0.05) is 44.4 Å². The highest BCUT2D eigenvalue weighted by Crippen LogP contribution is 2.26. The number of rotatable bonds is 6. The van der Waals surface area contributed by atoms with E-state index in [1.54, 1.807) is 6.07 Å². The van der Waals surface area contributed by atoms with Crippen LogP contribution in [0.15, 0.2) is 36.5 Å². The van der Waals surface area contributed by atoms with Crippen molar-refractivity contribution in [2.24, 2.45) is 5.73 Å². The van der Waals surface area contributed by atoms with Gasteiger partial charge in [-0.2, -0.15) is 0 Å². The van der Waals surface area contributed by atoms with E-state index in [1.807, 2.05) is 24.4 Å². The van der Waals surface area contributed by atoms with Gasteiger partial charge in [-0.05, 0) is 49.6 Å². The minimum Gasteiger partial charge on any atom is -0.366 e. The number of nitrogens with two attached hydrogens (primary N) is 1. The molecule has 1 saturated carbocycles. The van der Waals surface area contributed by atoms with E-state index in [9.17, 15) is 4.79 Å². The molecule has 1 aromatic heterocycles. The number of pyridine rings is 1. The van der Waals surface area contributed by atoms with E-state index in [-0.39, 0.29) is 0 Å². The third-order valence-electron chi connectivity index (χ3n) is 5.44. The second-order valence-electron chi connectivity index (χ2n) is 7.31. The number of aromatic nitrogens is 1. The quantitative estimate of drug-likeness (QED) is 0.843. The predicted molar refractivity (Wildman–Crippen MR) is 106 cm³/mol. The van der Waals surface area contributed by atoms with Gasteiger partial charge in [0.1, 0.15) is 0 Å². The lowest BCUT2D eigenvalue weighted by molar-refractivity contribution is 0.100. The van der Waals surface area contributed by atoms with Crippen molar-refractivity contribution < 1.29 is 4.79 Å². The van der Waals surface area contributed by atoms with Crippen LogP contribution in [0.2, 0.25) is 0 Å². The molecule has 2 N–H and O–H groups in total. The molecule has 1 fully saturated rings. The molecule has 0 aliphatic heterocycles. The van der Waals surface area contributed by atoms with E-state index in [0.29, 0.717) is 11.6 Å². The van der Waals surface area contributed by atoms with Crippen molar-refractivity contribution in [2.75, 3.05) is 6.54 Å². The van der Waals surface area contributed by atoms with E-state index in [4.69, 9.17) is 10.7 Å². The van der Waals surface area contributed by atoms with Crippen LogP contribution >= 0.6 is 0 Å². The Balaban J connectivity index is 1.78. The molecule has 0 saturated heterocycles. The van der Waals surface area contributed by atoms with Gasteiger partial charge in [-0.3, -0.25) is 14.7 Å². The van der Waals surface area contributed by atoms with Gasteiger partial charge < -0.3 is 5.73 Å². The van der Waals surface area contributed by atoms with Crippen molar-refractivity contribution in [1.29, 1.82) is 0 Å². The number of nitrogens with zero attached hydrogens (tertiary/aromatic N) is 2. The molecule has 1 heterocycles. The molecule has 0 spiro atoms. The van der Waals surface area contributed by atoms with Crippen LogP contribution in [-0.4, -0.2) is 28.4 Å². The van der Waals surface area contributed by atoms with Crippen molar-refractivity contribution >= 4 is 5.91 Å². The fraction of sp³-hybridized carbons (Fsp3) is 0.455. The first-order valence-corrected chi connectivity index (χ1v) is 9.68. The second kappa shape index (κ2) is 8.45. The van der Waals surface area contributed by atoms with Crippen LogP contribution in [0.25, 0.3) is 11.3 Å². The number of aryl methyl sites for hydroxylation is 1. The van der Waals surface area contributed by atoms with Crippen LogP contribution in [0, 0.1) is 6.92 Å². The summed E-state index contributed by atoms with van der Waals surface area (Å²) < 4.78 is 0. The molecule has 4 heteroatoms. The summed E-state index contributed by atoms with van der Waals surface area (Å²) in [6.45, 7) is 6.36. The summed E-state index contributed by atoms with van der Waals surface area (Å²) in [6.07, 6.45) is 8.70. The Hall–Kier alpha value is -2.20. The molecule has 1 aliphatic carbocycles. The molecule has 1 amide bonds. The zero-order valence-electron chi connectivity index (χ0n) is 15.9. The Bertz CT molecular complexity index is 766. The maximum absolute atomic E-state index is 11.4. The second-order valence-corrected chi connectivity index (χ2v) is 7.31. The standard InChI is InChI=1S/C22H29N3O/c1-3-25(20-10-5-4-6-11-20)15-17-12-16(2)21(24-14-17)18-8-7-9-19(13-18)22(23)26/h7-9,12-14,20H,3-6,10-11,15H2,1-2H3,(H2,23,26). The summed E-state index contributed by atoms with van der Waals surface area (Å²) in [4.78, 5) is 18.7. The maximum atomic E-state index is 11.4. The molecular formula is C22H29N3O. The third kappa shape index (κ3) is 4.31. The van der Waals surface area contributed by atoms with Gasteiger partial charge in [-0.25, -0.2) is 0 Å². The molecule has 0 bridgehead atoms. The average molecular weight is 351 g/mol. The molecule has 1 aliphatic rings. The first-order chi connectivity index (χ1) is 12.6. The Morgan fingerprint density at radius 1 is 1.23 bits per heavy atom. The van der Waals surface area contributed by atoms with Crippen molar-refractivity contribution in [3.63, 3.8) is 0 Å². The summed E-state index contributed by atoms with van der Waals surface area (Å²) in [5.41, 5.74) is 10.1. The van der Waals surface area contributed by atoms with Crippen molar-refractivity contribution in [3.05, 3.63) is 53.2 Å². The molecule has 0 atom stereocenters. The summed E-state index contributed by atoms with van der Waals surface area (Å²) >= 11 is 0. The van der Waals surface area contributed by atoms with Crippen LogP contribution in [0.4, 0.5) is 0 Å². The number of amides is 1. The Kier molecular flexibility index (Phi) is 6.04. The highest BCUT2D eigenvalue weighted by Gasteiger charge is 2.20. The molecular weight excluding hydrogens is 322 g/mol. The van der Waals surface area contributed by atoms with Gasteiger partial charge in [0.05, 0.1) is 5.69 Å². The minimum atomic E-state index is -0.410. The van der Waals surface area contributed by atoms with Crippen LogP contribution in [-0.2, 0) is 6.54 Å². The summed E-state index contributed by atoms with van der Waals surface area (Å²) in [7, 11) is 0. The molecule has 2 aromatic rings. The van der Waals surface area contributed by atoms with Crippen molar-refractivity contribution in [2.45, 2.75) is 58.5 Å². The zero-order valence-corrected chi connectivity index (χ0v) is 15.9. The monoisotopic (exact) mass is 351 g/mol. The average Bonchev–Trinajstić information content (AvgIpc) is 2.67. The lowest BCUT2D eigenvalue weighted by Crippen LogP contribution is -2.36. The van der Waals surface area contributed by atoms with Crippen LogP contribution < -0.4 is 5.73 Å². The normalized spacial score (nSPS) is 15.3. The van der Waals surface area contributed by atoms with Crippen molar-refractivity contribution in [3.8, 4) is 11.3 Å². The third-order valence-corrected chi connectivity index (χ3v) is 5.44. The SMILES string of the molecule is CCN(Cc1cnc(-c2cccc(C(N)=O)c2)c(C)c1)C1CCCCC1. The van der Waals surface area contributed by atoms with Gasteiger partial charge in [0.25, 0.3) is 0 Å². The Morgan fingerprint density at radius 2 is 2.00 bits per heavy atom. The molecule has 0 unspecified atom stereocenters. The topological polar surface area (TPSA) is 59.2 Å². The number of benzene rings is 1. The largest absolute Gasteiger partial charge is 0.366 e. The molecule has 3 rings (SSSR count). The highest BCUT2D eigenvalue weighted by atomic mass is 16.1. The number of hydrogen-bond donors (Lipinski definition) is 1. The molecule has 1 aromatic carbocycles. The Labute approximate surface area is 156 Å². The lowest BCUT2D eigenvalue weighted by Gasteiger charge is -2.33. The molecule has 0 radical (unpaired) electrons. The lowest BCUT2D eigenvalue weighted by atomic mass is 9.94. The van der Waals surface area contributed by atoms with Crippen LogP contribution in [0.3, 0.4) is 0 Å². The van der Waals surface area contributed by atoms with Gasteiger partial charge in [-0.15, -0.1) is 0 Å². The van der Waals surface area contributed by atoms with E-state index < -0.39 is 5.91 Å².